The van der Waals surface area contributed by atoms with Crippen LogP contribution >= 0.6 is 0 Å². The SMILES string of the molecule is CC.CC.CC.CC.CC(C)Cc1ccc(C(C)C)cc1.CC(C)c1ccc2ccc3cccc4ccc1c2c34.CC(C)c1cccc2ccccc12.CCCCCOc1ccc(C(C)C)cc1.Oc1cccc2c(O)cccc12.Oc1ccccc1-c1ccccc1O.Oc1ccccc1-c1ccccc1O.Oc1ccccc1-c1ccccc1O. The van der Waals surface area contributed by atoms with Crippen LogP contribution < -0.4 is 4.74 Å². The van der Waals surface area contributed by atoms with Crippen molar-refractivity contribution in [1.82, 2.24) is 0 Å². The zero-order chi connectivity index (χ0) is 89.6. The molecule has 640 valence electrons. The van der Waals surface area contributed by atoms with Crippen LogP contribution in [0.1, 0.15) is 202 Å². The third kappa shape index (κ3) is 29.9. The van der Waals surface area contributed by atoms with Gasteiger partial charge in [-0.1, -0.05) is 411 Å². The largest absolute Gasteiger partial charge is 0.507 e. The van der Waals surface area contributed by atoms with E-state index in [1.165, 1.54) is 90.2 Å². The average Bonchev–Trinajstić information content (AvgIpc) is 0.738. The molecule has 16 aromatic rings. The number of rotatable bonds is 14. The molecule has 0 saturated carbocycles. The molecule has 16 aromatic carbocycles. The third-order valence-electron chi connectivity index (χ3n) is 19.7. The summed E-state index contributed by atoms with van der Waals surface area (Å²) in [5.74, 6) is 5.60. The van der Waals surface area contributed by atoms with Gasteiger partial charge in [-0.15, -0.1) is 0 Å². The van der Waals surface area contributed by atoms with Gasteiger partial charge in [-0.05, 0) is 174 Å². The molecule has 0 spiro atoms. The summed E-state index contributed by atoms with van der Waals surface area (Å²) >= 11 is 0. The summed E-state index contributed by atoms with van der Waals surface area (Å²) in [5.41, 5.74) is 11.0. The number of ether oxygens (including phenoxy) is 1. The van der Waals surface area contributed by atoms with Gasteiger partial charge in [-0.25, -0.2) is 0 Å². The molecule has 0 aliphatic carbocycles. The minimum Gasteiger partial charge on any atom is -0.507 e. The first-order valence-electron chi connectivity index (χ1n) is 43.6. The molecule has 0 saturated heterocycles. The van der Waals surface area contributed by atoms with E-state index >= 15 is 0 Å². The summed E-state index contributed by atoms with van der Waals surface area (Å²) < 4.78 is 5.64. The summed E-state index contributed by atoms with van der Waals surface area (Å²) in [6.45, 7) is 41.5. The molecule has 8 N–H and O–H groups in total. The molecule has 9 heteroatoms. The van der Waals surface area contributed by atoms with Crippen molar-refractivity contribution in [3.8, 4) is 85.1 Å². The number of benzene rings is 16. The van der Waals surface area contributed by atoms with Crippen molar-refractivity contribution in [3.63, 3.8) is 0 Å². The van der Waals surface area contributed by atoms with Crippen LogP contribution in [0.3, 0.4) is 0 Å². The summed E-state index contributed by atoms with van der Waals surface area (Å²) in [7, 11) is 0. The van der Waals surface area contributed by atoms with Gasteiger partial charge in [0.15, 0.2) is 0 Å². The molecular formula is C113H134O9. The van der Waals surface area contributed by atoms with Gasteiger partial charge >= 0.3 is 0 Å². The second-order valence-electron chi connectivity index (χ2n) is 29.9. The monoisotopic (exact) mass is 1640 g/mol. The van der Waals surface area contributed by atoms with Crippen molar-refractivity contribution < 1.29 is 45.6 Å². The molecule has 0 fully saturated rings. The average molecular weight is 1640 g/mol. The Hall–Kier alpha value is -12.7. The lowest BCUT2D eigenvalue weighted by molar-refractivity contribution is 0.306. The Morgan fingerprint density at radius 3 is 0.902 bits per heavy atom. The zero-order valence-corrected chi connectivity index (χ0v) is 75.6. The number of para-hydroxylation sites is 6. The van der Waals surface area contributed by atoms with Gasteiger partial charge in [-0.2, -0.15) is 0 Å². The van der Waals surface area contributed by atoms with E-state index < -0.39 is 0 Å². The molecular weight excluding hydrogens is 1500 g/mol. The number of hydrogen-bond acceptors (Lipinski definition) is 9. The minimum absolute atomic E-state index is 0.175. The lowest BCUT2D eigenvalue weighted by atomic mass is 9.89. The van der Waals surface area contributed by atoms with Gasteiger partial charge in [0.25, 0.3) is 0 Å². The van der Waals surface area contributed by atoms with Crippen molar-refractivity contribution >= 4 is 53.9 Å². The highest BCUT2D eigenvalue weighted by molar-refractivity contribution is 6.23. The van der Waals surface area contributed by atoms with E-state index in [1.807, 2.05) is 91.8 Å². The fourth-order valence-corrected chi connectivity index (χ4v) is 13.5. The van der Waals surface area contributed by atoms with E-state index in [1.54, 1.807) is 146 Å². The van der Waals surface area contributed by atoms with Crippen LogP contribution in [0.5, 0.6) is 51.7 Å². The van der Waals surface area contributed by atoms with E-state index in [-0.39, 0.29) is 46.0 Å². The van der Waals surface area contributed by atoms with Crippen molar-refractivity contribution in [2.24, 2.45) is 5.92 Å². The zero-order valence-electron chi connectivity index (χ0n) is 75.6. The van der Waals surface area contributed by atoms with Crippen LogP contribution in [0.2, 0.25) is 0 Å². The van der Waals surface area contributed by atoms with Gasteiger partial charge in [0, 0.05) is 44.2 Å². The maximum Gasteiger partial charge on any atom is 0.123 e. The van der Waals surface area contributed by atoms with Gasteiger partial charge < -0.3 is 45.6 Å². The van der Waals surface area contributed by atoms with Gasteiger partial charge in [0.05, 0.1) is 6.61 Å². The first kappa shape index (κ1) is 99.8. The van der Waals surface area contributed by atoms with Gasteiger partial charge in [0.1, 0.15) is 51.7 Å². The van der Waals surface area contributed by atoms with E-state index in [2.05, 4.69) is 222 Å². The van der Waals surface area contributed by atoms with E-state index in [4.69, 9.17) is 4.74 Å². The van der Waals surface area contributed by atoms with Gasteiger partial charge in [0.2, 0.25) is 0 Å². The number of fused-ring (bicyclic) bond motifs is 2. The Labute approximate surface area is 729 Å². The topological polar surface area (TPSA) is 171 Å². The van der Waals surface area contributed by atoms with Crippen LogP contribution in [0, 0.1) is 5.92 Å². The maximum absolute atomic E-state index is 9.58. The van der Waals surface area contributed by atoms with Crippen molar-refractivity contribution in [1.29, 1.82) is 0 Å². The molecule has 9 nitrogen and oxygen atoms in total. The molecule has 122 heavy (non-hydrogen) atoms. The Kier molecular flexibility index (Phi) is 44.0. The molecule has 0 aromatic heterocycles. The lowest BCUT2D eigenvalue weighted by Crippen LogP contribution is -1.97. The first-order valence-corrected chi connectivity index (χ1v) is 43.6. The van der Waals surface area contributed by atoms with Crippen molar-refractivity contribution in [3.05, 3.63) is 355 Å². The Morgan fingerprint density at radius 2 is 0.533 bits per heavy atom. The Bertz CT molecular complexity index is 5220. The predicted molar refractivity (Wildman–Crippen MR) is 525 cm³/mol. The predicted octanol–water partition coefficient (Wildman–Crippen LogP) is 32.7. The molecule has 0 atom stereocenters. The molecule has 16 rings (SSSR count). The second-order valence-corrected chi connectivity index (χ2v) is 29.9. The van der Waals surface area contributed by atoms with E-state index in [9.17, 15) is 40.9 Å². The normalized spacial score (nSPS) is 10.2. The minimum atomic E-state index is 0.175. The smallest absolute Gasteiger partial charge is 0.123 e. The van der Waals surface area contributed by atoms with E-state index in [0.29, 0.717) is 67.8 Å². The lowest BCUT2D eigenvalue weighted by Gasteiger charge is -2.15. The summed E-state index contributed by atoms with van der Waals surface area (Å²) in [6, 6.07) is 104. The molecule has 0 unspecified atom stereocenters. The standard InChI is InChI=1S/C19H16.C14H22O.C13H14.C13H20.3C12H10O2.C10H8O2.4C2H6/c1-12(2)16-10-8-15-7-6-13-4-3-5-14-9-11-17(16)19(15)18(13)14;1-4-5-6-11-15-14-9-7-13(8-10-14)12(2)3;1-10(2)12-9-5-7-11-6-3-4-8-13(11)12;1-10(2)9-12-5-7-13(8-6-12)11(3)4;3*13-11-7-3-1-5-9(11)10-6-2-4-8-12(10)14;11-9-5-1-3-7-8(9)4-2-6-10(7)12;4*1-2/h3-12H,1-2H3;7-10,12H,4-6,11H2,1-3H3;3-10H,1-2H3;5-8,10-11H,9H2,1-4H3;3*1-8,13-14H;1-6,11-12H;4*1-2H3. The fourth-order valence-electron chi connectivity index (χ4n) is 13.5. The molecule has 0 aliphatic heterocycles. The summed E-state index contributed by atoms with van der Waals surface area (Å²) in [5, 5.41) is 88.6. The van der Waals surface area contributed by atoms with Crippen LogP contribution in [-0.4, -0.2) is 47.5 Å². The molecule has 0 amide bonds. The van der Waals surface area contributed by atoms with Gasteiger partial charge in [-0.3, -0.25) is 0 Å². The Balaban J connectivity index is 0.000000246. The van der Waals surface area contributed by atoms with Crippen molar-refractivity contribution in [2.45, 2.75) is 181 Å². The third-order valence-corrected chi connectivity index (χ3v) is 19.7. The molecule has 0 heterocycles. The summed E-state index contributed by atoms with van der Waals surface area (Å²) in [4.78, 5) is 0. The van der Waals surface area contributed by atoms with Crippen LogP contribution in [-0.2, 0) is 6.42 Å². The van der Waals surface area contributed by atoms with E-state index in [0.717, 1.165) is 24.7 Å². The van der Waals surface area contributed by atoms with Crippen LogP contribution in [0.25, 0.3) is 87.2 Å². The highest BCUT2D eigenvalue weighted by Crippen LogP contribution is 2.40. The fraction of sp³-hybridized carbons (Fsp3) is 0.257. The van der Waals surface area contributed by atoms with Crippen LogP contribution in [0.4, 0.5) is 0 Å². The first-order chi connectivity index (χ1) is 59.0. The number of unbranched alkanes of at least 4 members (excludes halogenated alkanes) is 2. The number of phenolic OH excluding ortho intramolecular Hbond substituents is 8. The summed E-state index contributed by atoms with van der Waals surface area (Å²) in [6.07, 6.45) is 4.85. The number of phenols is 8. The second kappa shape index (κ2) is 53.7. The Morgan fingerprint density at radius 1 is 0.238 bits per heavy atom. The molecule has 0 bridgehead atoms. The maximum atomic E-state index is 9.58. The highest BCUT2D eigenvalue weighted by atomic mass is 16.5. The number of hydrogen-bond donors (Lipinski definition) is 8. The molecule has 0 aliphatic rings. The van der Waals surface area contributed by atoms with Crippen LogP contribution in [0.15, 0.2) is 328 Å². The quantitative estimate of drug-likeness (QED) is 0.0390. The molecule has 0 radical (unpaired) electrons. The van der Waals surface area contributed by atoms with Crippen molar-refractivity contribution in [2.75, 3.05) is 6.61 Å². The highest BCUT2D eigenvalue weighted by Gasteiger charge is 2.14. The number of aromatic hydroxyl groups is 8.